The summed E-state index contributed by atoms with van der Waals surface area (Å²) >= 11 is 6.90. The van der Waals surface area contributed by atoms with Gasteiger partial charge in [0, 0.05) is 22.8 Å². The predicted octanol–water partition coefficient (Wildman–Crippen LogP) is 4.98. The number of nitrogens with two attached hydrogens (primary N) is 1. The summed E-state index contributed by atoms with van der Waals surface area (Å²) in [6.07, 6.45) is 0. The van der Waals surface area contributed by atoms with Crippen molar-refractivity contribution in [2.75, 3.05) is 0 Å². The van der Waals surface area contributed by atoms with E-state index in [1.807, 2.05) is 30.3 Å². The third kappa shape index (κ3) is 3.81. The molecule has 0 aliphatic heterocycles. The maximum Gasteiger partial charge on any atom is 0.219 e. The van der Waals surface area contributed by atoms with Crippen molar-refractivity contribution in [2.24, 2.45) is 5.73 Å². The molecular formula is C15H16Br2N2O. The predicted molar refractivity (Wildman–Crippen MR) is 88.1 cm³/mol. The number of benzene rings is 1. The van der Waals surface area contributed by atoms with Crippen molar-refractivity contribution in [1.29, 1.82) is 0 Å². The second-order valence-corrected chi connectivity index (χ2v) is 6.54. The van der Waals surface area contributed by atoms with Crippen LogP contribution in [-0.2, 0) is 6.54 Å². The SMILES string of the molecule is CC(C)c1cc(CN)cc(Oc2ccc(Br)cc2Br)n1. The second-order valence-electron chi connectivity index (χ2n) is 4.77. The van der Waals surface area contributed by atoms with E-state index in [0.717, 1.165) is 26.0 Å². The van der Waals surface area contributed by atoms with Gasteiger partial charge in [-0.3, -0.25) is 0 Å². The normalized spacial score (nSPS) is 10.9. The molecule has 0 amide bonds. The van der Waals surface area contributed by atoms with Crippen LogP contribution in [-0.4, -0.2) is 4.98 Å². The highest BCUT2D eigenvalue weighted by atomic mass is 79.9. The van der Waals surface area contributed by atoms with Crippen molar-refractivity contribution < 1.29 is 4.74 Å². The average molecular weight is 400 g/mol. The van der Waals surface area contributed by atoms with E-state index >= 15 is 0 Å². The molecule has 2 rings (SSSR count). The maximum atomic E-state index is 5.86. The van der Waals surface area contributed by atoms with Crippen LogP contribution >= 0.6 is 31.9 Å². The van der Waals surface area contributed by atoms with E-state index in [0.29, 0.717) is 18.3 Å². The standard InChI is InChI=1S/C15H16Br2N2O/c1-9(2)13-5-10(8-18)6-15(19-13)20-14-4-3-11(16)7-12(14)17/h3-7,9H,8,18H2,1-2H3. The lowest BCUT2D eigenvalue weighted by Gasteiger charge is -2.12. The molecule has 0 radical (unpaired) electrons. The van der Waals surface area contributed by atoms with Gasteiger partial charge in [-0.05, 0) is 51.7 Å². The number of rotatable bonds is 4. The van der Waals surface area contributed by atoms with Gasteiger partial charge in [0.2, 0.25) is 5.88 Å². The minimum atomic E-state index is 0.331. The zero-order valence-corrected chi connectivity index (χ0v) is 14.5. The zero-order valence-electron chi connectivity index (χ0n) is 11.4. The Balaban J connectivity index is 2.34. The van der Waals surface area contributed by atoms with Gasteiger partial charge in [-0.1, -0.05) is 29.8 Å². The van der Waals surface area contributed by atoms with Crippen LogP contribution in [0.15, 0.2) is 39.3 Å². The van der Waals surface area contributed by atoms with Crippen LogP contribution in [0.3, 0.4) is 0 Å². The van der Waals surface area contributed by atoms with Gasteiger partial charge in [-0.25, -0.2) is 4.98 Å². The summed E-state index contributed by atoms with van der Waals surface area (Å²) in [5.74, 6) is 1.63. The monoisotopic (exact) mass is 398 g/mol. The van der Waals surface area contributed by atoms with Crippen molar-refractivity contribution in [3.63, 3.8) is 0 Å². The number of hydrogen-bond donors (Lipinski definition) is 1. The molecule has 0 atom stereocenters. The highest BCUT2D eigenvalue weighted by Crippen LogP contribution is 2.32. The summed E-state index contributed by atoms with van der Waals surface area (Å²) in [7, 11) is 0. The van der Waals surface area contributed by atoms with Crippen LogP contribution in [0.5, 0.6) is 11.6 Å². The van der Waals surface area contributed by atoms with Crippen LogP contribution in [0.25, 0.3) is 0 Å². The van der Waals surface area contributed by atoms with Gasteiger partial charge in [0.25, 0.3) is 0 Å². The molecule has 0 saturated carbocycles. The quantitative estimate of drug-likeness (QED) is 0.788. The Morgan fingerprint density at radius 2 is 1.95 bits per heavy atom. The molecule has 0 bridgehead atoms. The molecule has 0 unspecified atom stereocenters. The van der Waals surface area contributed by atoms with E-state index in [-0.39, 0.29) is 0 Å². The first-order chi connectivity index (χ1) is 9.49. The molecule has 0 fully saturated rings. The first-order valence-corrected chi connectivity index (χ1v) is 7.92. The molecule has 5 heteroatoms. The van der Waals surface area contributed by atoms with E-state index in [1.165, 1.54) is 0 Å². The minimum Gasteiger partial charge on any atom is -0.438 e. The number of pyridine rings is 1. The lowest BCUT2D eigenvalue weighted by atomic mass is 10.1. The van der Waals surface area contributed by atoms with Crippen LogP contribution in [0, 0.1) is 0 Å². The Kier molecular flexibility index (Phi) is 5.18. The summed E-state index contributed by atoms with van der Waals surface area (Å²) in [6, 6.07) is 9.65. The molecule has 0 aliphatic carbocycles. The van der Waals surface area contributed by atoms with Gasteiger partial charge >= 0.3 is 0 Å². The molecule has 0 aliphatic rings. The Morgan fingerprint density at radius 1 is 1.20 bits per heavy atom. The first kappa shape index (κ1) is 15.5. The van der Waals surface area contributed by atoms with Crippen molar-refractivity contribution in [3.8, 4) is 11.6 Å². The first-order valence-electron chi connectivity index (χ1n) is 6.33. The largest absolute Gasteiger partial charge is 0.438 e. The van der Waals surface area contributed by atoms with Gasteiger partial charge in [0.1, 0.15) is 5.75 Å². The summed E-state index contributed by atoms with van der Waals surface area (Å²) in [6.45, 7) is 4.67. The van der Waals surface area contributed by atoms with E-state index in [1.54, 1.807) is 0 Å². The molecule has 2 N–H and O–H groups in total. The molecule has 0 spiro atoms. The smallest absolute Gasteiger partial charge is 0.219 e. The third-order valence-electron chi connectivity index (χ3n) is 2.82. The topological polar surface area (TPSA) is 48.1 Å². The highest BCUT2D eigenvalue weighted by Gasteiger charge is 2.09. The highest BCUT2D eigenvalue weighted by molar-refractivity contribution is 9.11. The number of nitrogens with zero attached hydrogens (tertiary/aromatic N) is 1. The fourth-order valence-corrected chi connectivity index (χ4v) is 2.85. The van der Waals surface area contributed by atoms with Crippen LogP contribution < -0.4 is 10.5 Å². The number of hydrogen-bond acceptors (Lipinski definition) is 3. The van der Waals surface area contributed by atoms with Crippen LogP contribution in [0.2, 0.25) is 0 Å². The van der Waals surface area contributed by atoms with Crippen molar-refractivity contribution >= 4 is 31.9 Å². The van der Waals surface area contributed by atoms with Gasteiger partial charge < -0.3 is 10.5 Å². The molecule has 106 valence electrons. The average Bonchev–Trinajstić information content (AvgIpc) is 2.41. The van der Waals surface area contributed by atoms with Crippen molar-refractivity contribution in [1.82, 2.24) is 4.98 Å². The Labute approximate surface area is 135 Å². The fraction of sp³-hybridized carbons (Fsp3) is 0.267. The van der Waals surface area contributed by atoms with E-state index in [9.17, 15) is 0 Å². The molecule has 2 aromatic rings. The summed E-state index contributed by atoms with van der Waals surface area (Å²) in [5.41, 5.74) is 7.73. The lowest BCUT2D eigenvalue weighted by molar-refractivity contribution is 0.455. The van der Waals surface area contributed by atoms with Crippen LogP contribution in [0.1, 0.15) is 31.0 Å². The third-order valence-corrected chi connectivity index (χ3v) is 3.93. The van der Waals surface area contributed by atoms with Gasteiger partial charge in [0.15, 0.2) is 0 Å². The summed E-state index contributed by atoms with van der Waals surface area (Å²) < 4.78 is 7.73. The Bertz CT molecular complexity index is 615. The number of halogens is 2. The van der Waals surface area contributed by atoms with E-state index in [4.69, 9.17) is 10.5 Å². The van der Waals surface area contributed by atoms with Crippen LogP contribution in [0.4, 0.5) is 0 Å². The Morgan fingerprint density at radius 3 is 2.55 bits per heavy atom. The molecule has 20 heavy (non-hydrogen) atoms. The Hall–Kier alpha value is -0.910. The minimum absolute atomic E-state index is 0.331. The zero-order chi connectivity index (χ0) is 14.7. The molecular weight excluding hydrogens is 384 g/mol. The molecule has 1 aromatic carbocycles. The lowest BCUT2D eigenvalue weighted by Crippen LogP contribution is -2.02. The second kappa shape index (κ2) is 6.70. The molecule has 1 aromatic heterocycles. The van der Waals surface area contributed by atoms with Crippen molar-refractivity contribution in [3.05, 3.63) is 50.5 Å². The van der Waals surface area contributed by atoms with E-state index in [2.05, 4.69) is 50.7 Å². The van der Waals surface area contributed by atoms with Gasteiger partial charge in [0.05, 0.1) is 4.47 Å². The summed E-state index contributed by atoms with van der Waals surface area (Å²) in [4.78, 5) is 4.53. The van der Waals surface area contributed by atoms with Crippen molar-refractivity contribution in [2.45, 2.75) is 26.3 Å². The molecule has 0 saturated heterocycles. The molecule has 1 heterocycles. The number of aromatic nitrogens is 1. The summed E-state index contributed by atoms with van der Waals surface area (Å²) in [5, 5.41) is 0. The van der Waals surface area contributed by atoms with E-state index < -0.39 is 0 Å². The molecule has 3 nitrogen and oxygen atoms in total. The van der Waals surface area contributed by atoms with Gasteiger partial charge in [-0.15, -0.1) is 0 Å². The maximum absolute atomic E-state index is 5.86. The fourth-order valence-electron chi connectivity index (χ4n) is 1.72. The number of ether oxygens (including phenoxy) is 1. The van der Waals surface area contributed by atoms with Gasteiger partial charge in [-0.2, -0.15) is 0 Å².